The van der Waals surface area contributed by atoms with E-state index in [-0.39, 0.29) is 0 Å². The molecule has 0 aliphatic heterocycles. The Balaban J connectivity index is 2.76. The second-order valence-electron chi connectivity index (χ2n) is 2.90. The van der Waals surface area contributed by atoms with E-state index in [1.165, 1.54) is 0 Å². The average molecular weight is 182 g/mol. The van der Waals surface area contributed by atoms with E-state index in [1.807, 2.05) is 0 Å². The van der Waals surface area contributed by atoms with Crippen LogP contribution in [0.5, 0.6) is 0 Å². The van der Waals surface area contributed by atoms with Gasteiger partial charge in [0.1, 0.15) is 30.5 Å². The summed E-state index contributed by atoms with van der Waals surface area (Å²) in [5, 5.41) is 44.4. The van der Waals surface area contributed by atoms with Crippen molar-refractivity contribution in [3.05, 3.63) is 0 Å². The average Bonchev–Trinajstić information content (AvgIpc) is 2.08. The van der Waals surface area contributed by atoms with Crippen molar-refractivity contribution >= 4 is 0 Å². The third-order valence-corrected chi connectivity index (χ3v) is 2.05. The predicted molar refractivity (Wildman–Crippen MR) is 34.9 cm³/mol. The van der Waals surface area contributed by atoms with E-state index in [1.54, 1.807) is 0 Å². The number of hydrogen-bond acceptors (Lipinski definition) is 5. The van der Waals surface area contributed by atoms with Crippen LogP contribution in [0.15, 0.2) is 0 Å². The first-order valence-corrected chi connectivity index (χ1v) is 3.51. The Kier molecular flexibility index (Phi) is 2.64. The number of aliphatic hydroxyl groups is 5. The van der Waals surface area contributed by atoms with Crippen molar-refractivity contribution in [3.63, 3.8) is 0 Å². The molecule has 0 aromatic carbocycles. The SMILES string of the molecule is OC1C(O)C(O)[C@@H](O)C(F)C1O. The van der Waals surface area contributed by atoms with Crippen molar-refractivity contribution in [1.82, 2.24) is 0 Å². The lowest BCUT2D eigenvalue weighted by Crippen LogP contribution is -2.62. The molecule has 1 aliphatic rings. The van der Waals surface area contributed by atoms with Crippen molar-refractivity contribution in [3.8, 4) is 0 Å². The van der Waals surface area contributed by atoms with E-state index in [4.69, 9.17) is 25.5 Å². The van der Waals surface area contributed by atoms with Crippen LogP contribution in [0.4, 0.5) is 4.39 Å². The van der Waals surface area contributed by atoms with E-state index in [0.717, 1.165) is 0 Å². The van der Waals surface area contributed by atoms with Crippen molar-refractivity contribution in [2.24, 2.45) is 0 Å². The first-order valence-electron chi connectivity index (χ1n) is 3.51. The maximum Gasteiger partial charge on any atom is 0.157 e. The minimum absolute atomic E-state index is 1.72. The molecular formula is C6H11FO5. The molecule has 72 valence electrons. The normalized spacial score (nSPS) is 55.5. The maximum atomic E-state index is 12.7. The van der Waals surface area contributed by atoms with Crippen molar-refractivity contribution < 1.29 is 29.9 Å². The lowest BCUT2D eigenvalue weighted by Gasteiger charge is -2.38. The summed E-state index contributed by atoms with van der Waals surface area (Å²) in [6.07, 6.45) is -11.1. The molecule has 5 N–H and O–H groups in total. The first kappa shape index (κ1) is 9.82. The predicted octanol–water partition coefficient (Wildman–Crippen LogP) is -2.86. The third kappa shape index (κ3) is 1.32. The highest BCUT2D eigenvalue weighted by molar-refractivity contribution is 4.98. The molecule has 0 aromatic heterocycles. The highest BCUT2D eigenvalue weighted by Gasteiger charge is 2.48. The summed E-state index contributed by atoms with van der Waals surface area (Å²) in [6.45, 7) is 0. The molecule has 6 atom stereocenters. The molecule has 0 saturated heterocycles. The quantitative estimate of drug-likeness (QED) is 0.277. The van der Waals surface area contributed by atoms with Gasteiger partial charge in [0.2, 0.25) is 0 Å². The molecule has 0 amide bonds. The van der Waals surface area contributed by atoms with Crippen LogP contribution in [0, 0.1) is 0 Å². The zero-order valence-corrected chi connectivity index (χ0v) is 6.08. The summed E-state index contributed by atoms with van der Waals surface area (Å²) in [5.74, 6) is 0. The molecule has 1 aliphatic carbocycles. The largest absolute Gasteiger partial charge is 0.387 e. The van der Waals surface area contributed by atoms with E-state index >= 15 is 0 Å². The van der Waals surface area contributed by atoms with Crippen LogP contribution < -0.4 is 0 Å². The third-order valence-electron chi connectivity index (χ3n) is 2.05. The summed E-state index contributed by atoms with van der Waals surface area (Å²) >= 11 is 0. The number of aliphatic hydroxyl groups excluding tert-OH is 5. The van der Waals surface area contributed by atoms with Gasteiger partial charge in [-0.2, -0.15) is 0 Å². The van der Waals surface area contributed by atoms with Crippen LogP contribution in [0.25, 0.3) is 0 Å². The van der Waals surface area contributed by atoms with Crippen LogP contribution in [-0.2, 0) is 0 Å². The summed E-state index contributed by atoms with van der Waals surface area (Å²) in [4.78, 5) is 0. The van der Waals surface area contributed by atoms with Crippen LogP contribution in [-0.4, -0.2) is 62.2 Å². The molecule has 12 heavy (non-hydrogen) atoms. The Morgan fingerprint density at radius 2 is 0.833 bits per heavy atom. The van der Waals surface area contributed by atoms with Gasteiger partial charge < -0.3 is 25.5 Å². The summed E-state index contributed by atoms with van der Waals surface area (Å²) in [6, 6.07) is 0. The Bertz CT molecular complexity index is 107. The second kappa shape index (κ2) is 3.23. The van der Waals surface area contributed by atoms with Gasteiger partial charge in [-0.05, 0) is 0 Å². The van der Waals surface area contributed by atoms with Crippen molar-refractivity contribution in [2.45, 2.75) is 36.7 Å². The molecule has 6 heteroatoms. The smallest absolute Gasteiger partial charge is 0.157 e. The molecule has 5 unspecified atom stereocenters. The monoisotopic (exact) mass is 182 g/mol. The van der Waals surface area contributed by atoms with E-state index in [9.17, 15) is 4.39 Å². The van der Waals surface area contributed by atoms with Gasteiger partial charge in [0, 0.05) is 0 Å². The molecule has 0 spiro atoms. The highest BCUT2D eigenvalue weighted by Crippen LogP contribution is 2.23. The molecule has 0 aromatic rings. The van der Waals surface area contributed by atoms with Gasteiger partial charge in [-0.15, -0.1) is 0 Å². The zero-order valence-electron chi connectivity index (χ0n) is 6.08. The minimum Gasteiger partial charge on any atom is -0.387 e. The fourth-order valence-corrected chi connectivity index (χ4v) is 1.18. The molecule has 0 bridgehead atoms. The highest BCUT2D eigenvalue weighted by atomic mass is 19.1. The molecule has 0 radical (unpaired) electrons. The molecule has 1 saturated carbocycles. The lowest BCUT2D eigenvalue weighted by molar-refractivity contribution is -0.206. The molecule has 1 rings (SSSR count). The van der Waals surface area contributed by atoms with Gasteiger partial charge in [0.25, 0.3) is 0 Å². The topological polar surface area (TPSA) is 101 Å². The van der Waals surface area contributed by atoms with Gasteiger partial charge in [-0.3, -0.25) is 0 Å². The van der Waals surface area contributed by atoms with E-state index in [2.05, 4.69) is 0 Å². The molecule has 1 fully saturated rings. The second-order valence-corrected chi connectivity index (χ2v) is 2.90. The number of halogens is 1. The van der Waals surface area contributed by atoms with Gasteiger partial charge in [0.15, 0.2) is 6.17 Å². The van der Waals surface area contributed by atoms with Gasteiger partial charge in [-0.1, -0.05) is 0 Å². The van der Waals surface area contributed by atoms with Crippen LogP contribution in [0.1, 0.15) is 0 Å². The van der Waals surface area contributed by atoms with Crippen molar-refractivity contribution in [2.75, 3.05) is 0 Å². The van der Waals surface area contributed by atoms with Crippen molar-refractivity contribution in [1.29, 1.82) is 0 Å². The van der Waals surface area contributed by atoms with Gasteiger partial charge in [0.05, 0.1) is 0 Å². The molecule has 5 nitrogen and oxygen atoms in total. The van der Waals surface area contributed by atoms with Crippen LogP contribution in [0.2, 0.25) is 0 Å². The number of alkyl halides is 1. The maximum absolute atomic E-state index is 12.7. The fraction of sp³-hybridized carbons (Fsp3) is 1.00. The minimum atomic E-state index is -2.14. The summed E-state index contributed by atoms with van der Waals surface area (Å²) in [5.41, 5.74) is 0. The number of rotatable bonds is 0. The van der Waals surface area contributed by atoms with Crippen LogP contribution >= 0.6 is 0 Å². The Morgan fingerprint density at radius 3 is 1.17 bits per heavy atom. The zero-order chi connectivity index (χ0) is 9.46. The fourth-order valence-electron chi connectivity index (χ4n) is 1.18. The molecule has 0 heterocycles. The van der Waals surface area contributed by atoms with Gasteiger partial charge >= 0.3 is 0 Å². The Morgan fingerprint density at radius 1 is 0.583 bits per heavy atom. The van der Waals surface area contributed by atoms with Crippen LogP contribution in [0.3, 0.4) is 0 Å². The summed E-state index contributed by atoms with van der Waals surface area (Å²) in [7, 11) is 0. The van der Waals surface area contributed by atoms with E-state index < -0.39 is 36.7 Å². The van der Waals surface area contributed by atoms with E-state index in [0.29, 0.717) is 0 Å². The first-order chi connectivity index (χ1) is 5.46. The standard InChI is InChI=1S/C6H11FO5/c7-1-2(8)4(10)6(12)5(11)3(1)9/h1-6,8-12H/t1?,2-,3?,4?,5?,6?/m0/s1. The number of hydrogen-bond donors (Lipinski definition) is 5. The lowest BCUT2D eigenvalue weighted by atomic mass is 9.86. The summed E-state index contributed by atoms with van der Waals surface area (Å²) < 4.78 is 12.7. The molecular weight excluding hydrogens is 171 g/mol. The Labute approximate surface area is 67.7 Å². The van der Waals surface area contributed by atoms with Gasteiger partial charge in [-0.25, -0.2) is 4.39 Å². The Hall–Kier alpha value is -0.270.